The molecule has 0 unspecified atom stereocenters. The summed E-state index contributed by atoms with van der Waals surface area (Å²) in [6, 6.07) is 0. The highest BCUT2D eigenvalue weighted by Gasteiger charge is 2.30. The molecule has 2 saturated heterocycles. The molecular weight excluding hydrogens is 318 g/mol. The summed E-state index contributed by atoms with van der Waals surface area (Å²) in [5, 5.41) is 0. The maximum absolute atomic E-state index is 12.3. The van der Waals surface area contributed by atoms with Crippen molar-refractivity contribution in [2.75, 3.05) is 32.7 Å². The molecule has 1 amide bonds. The molecule has 7 nitrogen and oxygen atoms in total. The summed E-state index contributed by atoms with van der Waals surface area (Å²) in [7, 11) is -3.47. The third kappa shape index (κ3) is 5.70. The molecule has 2 aliphatic rings. The molecule has 0 aromatic carbocycles. The maximum Gasteiger partial charge on any atom is 0.279 e. The van der Waals surface area contributed by atoms with Crippen LogP contribution < -0.4 is 4.72 Å². The van der Waals surface area contributed by atoms with Gasteiger partial charge in [-0.15, -0.1) is 0 Å². The fourth-order valence-electron chi connectivity index (χ4n) is 3.16. The van der Waals surface area contributed by atoms with E-state index in [0.29, 0.717) is 39.0 Å². The van der Waals surface area contributed by atoms with Crippen molar-refractivity contribution < 1.29 is 17.9 Å². The highest BCUT2D eigenvalue weighted by Crippen LogP contribution is 2.14. The largest absolute Gasteiger partial charge is 0.373 e. The second-order valence-electron chi connectivity index (χ2n) is 6.52. The Labute approximate surface area is 139 Å². The van der Waals surface area contributed by atoms with Crippen LogP contribution in [0.2, 0.25) is 0 Å². The average molecular weight is 347 g/mol. The zero-order valence-electron chi connectivity index (χ0n) is 14.2. The molecule has 0 bridgehead atoms. The van der Waals surface area contributed by atoms with Crippen molar-refractivity contribution >= 4 is 16.1 Å². The van der Waals surface area contributed by atoms with E-state index in [2.05, 4.69) is 4.72 Å². The zero-order valence-corrected chi connectivity index (χ0v) is 15.0. The van der Waals surface area contributed by atoms with Crippen molar-refractivity contribution in [2.45, 2.75) is 58.2 Å². The lowest BCUT2D eigenvalue weighted by Crippen LogP contribution is -2.52. The third-order valence-corrected chi connectivity index (χ3v) is 5.83. The number of amides is 1. The molecule has 23 heavy (non-hydrogen) atoms. The Hall–Kier alpha value is -0.700. The predicted octanol–water partition coefficient (Wildman–Crippen LogP) is 0.723. The van der Waals surface area contributed by atoms with Gasteiger partial charge in [0, 0.05) is 39.1 Å². The van der Waals surface area contributed by atoms with Crippen molar-refractivity contribution in [3.05, 3.63) is 0 Å². The number of likely N-dealkylation sites (tertiary alicyclic amines) is 1. The van der Waals surface area contributed by atoms with Gasteiger partial charge in [-0.25, -0.2) is 4.72 Å². The van der Waals surface area contributed by atoms with E-state index in [4.69, 9.17) is 4.74 Å². The first-order chi connectivity index (χ1) is 10.9. The monoisotopic (exact) mass is 347 g/mol. The Balaban J connectivity index is 1.75. The highest BCUT2D eigenvalue weighted by molar-refractivity contribution is 7.87. The van der Waals surface area contributed by atoms with Gasteiger partial charge in [0.15, 0.2) is 0 Å². The molecule has 2 fully saturated rings. The first kappa shape index (κ1) is 18.6. The fraction of sp³-hybridized carbons (Fsp3) is 0.933. The summed E-state index contributed by atoms with van der Waals surface area (Å²) >= 11 is 0. The van der Waals surface area contributed by atoms with Crippen LogP contribution in [0.5, 0.6) is 0 Å². The summed E-state index contributed by atoms with van der Waals surface area (Å²) in [5.74, 6) is 0.196. The molecule has 2 rings (SSSR count). The molecule has 0 radical (unpaired) electrons. The van der Waals surface area contributed by atoms with Crippen LogP contribution in [0.3, 0.4) is 0 Å². The number of hydrogen-bond acceptors (Lipinski definition) is 4. The quantitative estimate of drug-likeness (QED) is 0.718. The lowest BCUT2D eigenvalue weighted by Gasteiger charge is -2.34. The Morgan fingerprint density at radius 1 is 1.17 bits per heavy atom. The molecule has 8 heteroatoms. The van der Waals surface area contributed by atoms with Crippen molar-refractivity contribution in [3.63, 3.8) is 0 Å². The molecule has 2 heterocycles. The molecule has 2 atom stereocenters. The zero-order chi connectivity index (χ0) is 16.9. The number of nitrogens with one attached hydrogen (secondary N) is 1. The van der Waals surface area contributed by atoms with Crippen molar-refractivity contribution in [1.82, 2.24) is 13.9 Å². The van der Waals surface area contributed by atoms with E-state index in [0.717, 1.165) is 25.8 Å². The Bertz CT molecular complexity index is 487. The van der Waals surface area contributed by atoms with Gasteiger partial charge in [0.1, 0.15) is 0 Å². The van der Waals surface area contributed by atoms with Crippen LogP contribution in [-0.2, 0) is 19.7 Å². The molecule has 0 aromatic rings. The lowest BCUT2D eigenvalue weighted by molar-refractivity contribution is -0.130. The van der Waals surface area contributed by atoms with Crippen LogP contribution in [0.15, 0.2) is 0 Å². The van der Waals surface area contributed by atoms with Crippen molar-refractivity contribution in [1.29, 1.82) is 0 Å². The van der Waals surface area contributed by atoms with Crippen molar-refractivity contribution in [2.24, 2.45) is 0 Å². The maximum atomic E-state index is 12.3. The van der Waals surface area contributed by atoms with E-state index >= 15 is 0 Å². The van der Waals surface area contributed by atoms with Gasteiger partial charge in [0.2, 0.25) is 5.91 Å². The second kappa shape index (κ2) is 8.41. The molecule has 1 N–H and O–H groups in total. The minimum absolute atomic E-state index is 0.0925. The van der Waals surface area contributed by atoms with E-state index in [1.165, 1.54) is 4.31 Å². The second-order valence-corrected chi connectivity index (χ2v) is 8.27. The first-order valence-electron chi connectivity index (χ1n) is 8.56. The third-order valence-electron chi connectivity index (χ3n) is 4.29. The van der Waals surface area contributed by atoms with Crippen LogP contribution in [0, 0.1) is 0 Å². The smallest absolute Gasteiger partial charge is 0.279 e. The Kier molecular flexibility index (Phi) is 6.82. The minimum Gasteiger partial charge on any atom is -0.373 e. The number of nitrogens with zero attached hydrogens (tertiary/aromatic N) is 2. The molecule has 0 saturated carbocycles. The van der Waals surface area contributed by atoms with Gasteiger partial charge >= 0.3 is 0 Å². The van der Waals surface area contributed by atoms with E-state index in [-0.39, 0.29) is 18.1 Å². The predicted molar refractivity (Wildman–Crippen MR) is 88.2 cm³/mol. The summed E-state index contributed by atoms with van der Waals surface area (Å²) < 4.78 is 34.3. The highest BCUT2D eigenvalue weighted by atomic mass is 32.2. The van der Waals surface area contributed by atoms with Crippen LogP contribution in [0.4, 0.5) is 0 Å². The normalized spacial score (nSPS) is 27.9. The van der Waals surface area contributed by atoms with Crippen LogP contribution >= 0.6 is 0 Å². The van der Waals surface area contributed by atoms with E-state index in [1.54, 1.807) is 0 Å². The number of ether oxygens (including phenoxy) is 1. The van der Waals surface area contributed by atoms with Gasteiger partial charge in [-0.05, 0) is 33.1 Å². The molecular formula is C15H29N3O4S. The Morgan fingerprint density at radius 3 is 2.57 bits per heavy atom. The van der Waals surface area contributed by atoms with E-state index in [9.17, 15) is 13.2 Å². The average Bonchev–Trinajstić information content (AvgIpc) is 2.67. The summed E-state index contributed by atoms with van der Waals surface area (Å²) in [4.78, 5) is 13.8. The van der Waals surface area contributed by atoms with Gasteiger partial charge < -0.3 is 9.64 Å². The summed E-state index contributed by atoms with van der Waals surface area (Å²) in [6.45, 7) is 6.29. The standard InChI is InChI=1S/C15H29N3O4S/c1-13-11-18(12-14(2)22-13)23(20,21)16-8-6-10-17-9-5-3-4-7-15(17)19/h13-14,16H,3-12H2,1-2H3/t13-,14+. The van der Waals surface area contributed by atoms with Crippen LogP contribution in [-0.4, -0.2) is 68.5 Å². The van der Waals surface area contributed by atoms with Crippen LogP contribution in [0.25, 0.3) is 0 Å². The fourth-order valence-corrected chi connectivity index (χ4v) is 4.56. The number of rotatable bonds is 6. The number of morpholine rings is 1. The van der Waals surface area contributed by atoms with Gasteiger partial charge in [0.05, 0.1) is 12.2 Å². The number of hydrogen-bond donors (Lipinski definition) is 1. The molecule has 0 aromatic heterocycles. The molecule has 0 spiro atoms. The minimum atomic E-state index is -3.47. The van der Waals surface area contributed by atoms with Gasteiger partial charge in [-0.2, -0.15) is 12.7 Å². The SMILES string of the molecule is C[C@@H]1CN(S(=O)(=O)NCCCN2CCCCCC2=O)C[C@H](C)O1. The van der Waals surface area contributed by atoms with E-state index in [1.807, 2.05) is 18.7 Å². The summed E-state index contributed by atoms with van der Waals surface area (Å²) in [6.07, 6.45) is 4.18. The lowest BCUT2D eigenvalue weighted by atomic mass is 10.2. The number of carbonyl (C=O) groups excluding carboxylic acids is 1. The van der Waals surface area contributed by atoms with Crippen LogP contribution in [0.1, 0.15) is 46.0 Å². The van der Waals surface area contributed by atoms with Gasteiger partial charge in [-0.3, -0.25) is 4.79 Å². The molecule has 134 valence electrons. The van der Waals surface area contributed by atoms with Gasteiger partial charge in [0.25, 0.3) is 10.2 Å². The van der Waals surface area contributed by atoms with Gasteiger partial charge in [-0.1, -0.05) is 6.42 Å². The summed E-state index contributed by atoms with van der Waals surface area (Å²) in [5.41, 5.74) is 0. The van der Waals surface area contributed by atoms with E-state index < -0.39 is 10.2 Å². The Morgan fingerprint density at radius 2 is 1.87 bits per heavy atom. The molecule has 2 aliphatic heterocycles. The molecule has 0 aliphatic carbocycles. The number of carbonyl (C=O) groups is 1. The topological polar surface area (TPSA) is 79.0 Å². The first-order valence-corrected chi connectivity index (χ1v) is 10.0. The van der Waals surface area contributed by atoms with Crippen molar-refractivity contribution in [3.8, 4) is 0 Å².